The normalized spacial score (nSPS) is 14.5. The molecule has 0 aromatic heterocycles. The van der Waals surface area contributed by atoms with Gasteiger partial charge in [0.05, 0.1) is 0 Å². The van der Waals surface area contributed by atoms with E-state index in [0.717, 1.165) is 0 Å². The number of hydrogen-bond donors (Lipinski definition) is 0. The fourth-order valence-electron chi connectivity index (χ4n) is 3.08. The van der Waals surface area contributed by atoms with Crippen molar-refractivity contribution in [3.8, 4) is 0 Å². The molecular formula is C10H16B6O12. The summed E-state index contributed by atoms with van der Waals surface area (Å²) < 4.78 is 94.3. The SMILES string of the molecule is CCCC(C(COB=O)OB=O)(C(COB=O)OB=O)C(COB=O)OB=O. The molecule has 146 valence electrons. The van der Waals surface area contributed by atoms with Crippen molar-refractivity contribution in [2.24, 2.45) is 5.41 Å². The van der Waals surface area contributed by atoms with Crippen molar-refractivity contribution in [1.29, 1.82) is 0 Å². The predicted molar refractivity (Wildman–Crippen MR) is 88.5 cm³/mol. The predicted octanol–water partition coefficient (Wildman–Crippen LogP) is -2.23. The summed E-state index contributed by atoms with van der Waals surface area (Å²) in [5, 5.41) is 0. The van der Waals surface area contributed by atoms with E-state index in [-0.39, 0.29) is 50.5 Å². The molecule has 0 N–H and O–H groups in total. The standard InChI is InChI=1S/C10H16B6O12/c1-2-3-10(7(26-14-20)4-23-11-17,8(27-15-21)5-24-12-18)9(28-16-22)6-25-13-19/h7-9H,2-6H2,1H3. The van der Waals surface area contributed by atoms with Gasteiger partial charge in [0, 0.05) is 0 Å². The van der Waals surface area contributed by atoms with Crippen molar-refractivity contribution in [3.63, 3.8) is 0 Å². The monoisotopic (exact) mass is 394 g/mol. The molecule has 0 aromatic rings. The van der Waals surface area contributed by atoms with Crippen LogP contribution < -0.4 is 0 Å². The van der Waals surface area contributed by atoms with Gasteiger partial charge in [-0.05, 0) is 0 Å². The van der Waals surface area contributed by atoms with Crippen LogP contribution in [-0.2, 0) is 56.2 Å². The van der Waals surface area contributed by atoms with Gasteiger partial charge < -0.3 is 0 Å². The first-order chi connectivity index (χ1) is 13.6. The zero-order valence-electron chi connectivity index (χ0n) is 15.1. The van der Waals surface area contributed by atoms with E-state index in [1.165, 1.54) is 0 Å². The first-order valence-corrected chi connectivity index (χ1v) is 8.05. The summed E-state index contributed by atoms with van der Waals surface area (Å²) >= 11 is 0. The van der Waals surface area contributed by atoms with Gasteiger partial charge in [0.25, 0.3) is 0 Å². The van der Waals surface area contributed by atoms with Crippen molar-refractivity contribution in [2.75, 3.05) is 19.8 Å². The van der Waals surface area contributed by atoms with E-state index < -0.39 is 43.5 Å². The van der Waals surface area contributed by atoms with Crippen molar-refractivity contribution in [2.45, 2.75) is 38.1 Å². The molecule has 18 heteroatoms. The molecule has 0 rings (SSSR count). The van der Waals surface area contributed by atoms with Crippen LogP contribution >= 0.6 is 0 Å². The molecule has 0 amide bonds. The van der Waals surface area contributed by atoms with Crippen LogP contribution in [0.3, 0.4) is 0 Å². The Morgan fingerprint density at radius 3 is 1.14 bits per heavy atom. The molecule has 0 radical (unpaired) electrons. The van der Waals surface area contributed by atoms with Crippen LogP contribution in [0.4, 0.5) is 0 Å². The summed E-state index contributed by atoms with van der Waals surface area (Å²) in [6, 6.07) is 0. The van der Waals surface area contributed by atoms with Gasteiger partial charge in [0.15, 0.2) is 0 Å². The molecule has 0 saturated carbocycles. The molecule has 28 heavy (non-hydrogen) atoms. The van der Waals surface area contributed by atoms with Crippen LogP contribution in [-0.4, -0.2) is 82.2 Å². The second-order valence-electron chi connectivity index (χ2n) is 5.31. The second kappa shape index (κ2) is 16.0. The Labute approximate surface area is 164 Å². The zero-order valence-corrected chi connectivity index (χ0v) is 15.1. The summed E-state index contributed by atoms with van der Waals surface area (Å²) in [4.78, 5) is 0. The van der Waals surface area contributed by atoms with Gasteiger partial charge >= 0.3 is 164 Å². The third-order valence-electron chi connectivity index (χ3n) is 4.09. The minimum atomic E-state index is -1.60. The molecule has 0 aromatic carbocycles. The van der Waals surface area contributed by atoms with Crippen LogP contribution in [0.25, 0.3) is 0 Å². The van der Waals surface area contributed by atoms with E-state index in [1.54, 1.807) is 6.92 Å². The first-order valence-electron chi connectivity index (χ1n) is 8.05. The van der Waals surface area contributed by atoms with E-state index in [0.29, 0.717) is 6.42 Å². The molecule has 0 aliphatic carbocycles. The Morgan fingerprint density at radius 1 is 0.607 bits per heavy atom. The molecule has 0 spiro atoms. The topological polar surface area (TPSA) is 158 Å². The maximum atomic E-state index is 11.1. The second-order valence-corrected chi connectivity index (χ2v) is 5.31. The van der Waals surface area contributed by atoms with E-state index >= 15 is 0 Å². The van der Waals surface area contributed by atoms with Gasteiger partial charge in [-0.1, -0.05) is 0 Å². The fourth-order valence-corrected chi connectivity index (χ4v) is 3.08. The van der Waals surface area contributed by atoms with Gasteiger partial charge in [-0.3, -0.25) is 0 Å². The Morgan fingerprint density at radius 2 is 0.929 bits per heavy atom. The summed E-state index contributed by atoms with van der Waals surface area (Å²) in [7, 11) is 0.438. The van der Waals surface area contributed by atoms with Crippen molar-refractivity contribution in [3.05, 3.63) is 0 Å². The third kappa shape index (κ3) is 7.55. The molecule has 0 aliphatic rings. The van der Waals surface area contributed by atoms with Crippen LogP contribution in [0, 0.1) is 5.41 Å². The molecule has 12 nitrogen and oxygen atoms in total. The molecule has 0 saturated heterocycles. The molecule has 3 atom stereocenters. The van der Waals surface area contributed by atoms with Gasteiger partial charge in [-0.2, -0.15) is 0 Å². The minimum absolute atomic E-state index is 0.0508. The molecule has 0 heterocycles. The quantitative estimate of drug-likeness (QED) is 0.205. The number of hydrogen-bond acceptors (Lipinski definition) is 12. The van der Waals surface area contributed by atoms with Crippen molar-refractivity contribution in [1.82, 2.24) is 0 Å². The molecule has 0 bridgehead atoms. The van der Waals surface area contributed by atoms with E-state index in [4.69, 9.17) is 27.9 Å². The Kier molecular flexibility index (Phi) is 14.8. The number of rotatable bonds is 20. The third-order valence-corrected chi connectivity index (χ3v) is 4.09. The van der Waals surface area contributed by atoms with E-state index in [2.05, 4.69) is 0 Å². The Bertz CT molecular complexity index is 445. The summed E-state index contributed by atoms with van der Waals surface area (Å²) in [6.45, 7) is 0.177. The van der Waals surface area contributed by atoms with Crippen molar-refractivity contribution >= 4 is 44.1 Å². The summed E-state index contributed by atoms with van der Waals surface area (Å²) in [5.41, 5.74) is -1.60. The average Bonchev–Trinajstić information content (AvgIpc) is 2.70. The van der Waals surface area contributed by atoms with Crippen LogP contribution in [0.2, 0.25) is 0 Å². The molecular weight excluding hydrogens is 377 g/mol. The molecule has 3 unspecified atom stereocenters. The summed E-state index contributed by atoms with van der Waals surface area (Å²) in [6.07, 6.45) is -3.56. The van der Waals surface area contributed by atoms with Crippen LogP contribution in [0.15, 0.2) is 0 Å². The maximum absolute atomic E-state index is 11.1. The van der Waals surface area contributed by atoms with Gasteiger partial charge in [-0.15, -0.1) is 0 Å². The zero-order chi connectivity index (χ0) is 21.3. The van der Waals surface area contributed by atoms with E-state index in [9.17, 15) is 28.2 Å². The molecule has 0 fully saturated rings. The van der Waals surface area contributed by atoms with Crippen LogP contribution in [0.5, 0.6) is 0 Å². The summed E-state index contributed by atoms with van der Waals surface area (Å²) in [5.74, 6) is 0. The Hall–Kier alpha value is -2.01. The fraction of sp³-hybridized carbons (Fsp3) is 1.00. The first kappa shape index (κ1) is 26.0. The van der Waals surface area contributed by atoms with Crippen LogP contribution in [0.1, 0.15) is 19.8 Å². The van der Waals surface area contributed by atoms with Gasteiger partial charge in [0.1, 0.15) is 0 Å². The van der Waals surface area contributed by atoms with E-state index in [1.807, 2.05) is 0 Å². The Balaban J connectivity index is 6.47. The van der Waals surface area contributed by atoms with Crippen molar-refractivity contribution < 1.29 is 56.2 Å². The van der Waals surface area contributed by atoms with Gasteiger partial charge in [-0.25, -0.2) is 0 Å². The molecule has 0 aliphatic heterocycles. The average molecular weight is 393 g/mol. The van der Waals surface area contributed by atoms with Gasteiger partial charge in [0.2, 0.25) is 0 Å².